The molecule has 7 N–H and O–H groups in total. The van der Waals surface area contributed by atoms with E-state index in [0.29, 0.717) is 0 Å². The first-order valence-electron chi connectivity index (χ1n) is 5.20. The zero-order chi connectivity index (χ0) is 17.3. The number of aliphatic hydroxyl groups excluding tert-OH is 3. The third-order valence-corrected chi connectivity index (χ3v) is 5.96. The molecule has 0 bridgehead atoms. The molecule has 0 aromatic rings. The molecule has 132 valence electrons. The Morgan fingerprint density at radius 1 is 0.864 bits per heavy atom. The Kier molecular flexibility index (Phi) is 6.47. The van der Waals surface area contributed by atoms with Crippen LogP contribution in [0, 0.1) is 0 Å². The van der Waals surface area contributed by atoms with Crippen LogP contribution in [-0.2, 0) is 31.6 Å². The van der Waals surface area contributed by atoms with Gasteiger partial charge in [0.2, 0.25) is 0 Å². The molecule has 1 rings (SSSR count). The van der Waals surface area contributed by atoms with E-state index in [4.69, 9.17) is 29.8 Å². The van der Waals surface area contributed by atoms with Gasteiger partial charge in [0.05, 0.1) is 6.61 Å². The molecular weight excluding hydrogens is 377 g/mol. The standard InChI is InChI=1S/C5H13O14P3/c6-3-2(17-5(8)4(3)7)1-16-21(12,13)19-22(14,15)18-20(9,10)11/h2-8H,1H2,(H,12,13)(H,14,15)(H2,9,10,11)/t2-,3-,4+,5?/m1/s1. The van der Waals surface area contributed by atoms with E-state index < -0.39 is 54.7 Å². The van der Waals surface area contributed by atoms with Crippen molar-refractivity contribution in [3.05, 3.63) is 0 Å². The maximum Gasteiger partial charge on any atom is 0.490 e. The van der Waals surface area contributed by atoms with Crippen molar-refractivity contribution in [2.24, 2.45) is 0 Å². The summed E-state index contributed by atoms with van der Waals surface area (Å²) in [5.41, 5.74) is 0. The summed E-state index contributed by atoms with van der Waals surface area (Å²) >= 11 is 0. The predicted octanol–water partition coefficient (Wildman–Crippen LogP) is -2.23. The van der Waals surface area contributed by atoms with Gasteiger partial charge in [0, 0.05) is 0 Å². The van der Waals surface area contributed by atoms with E-state index in [0.717, 1.165) is 0 Å². The predicted molar refractivity (Wildman–Crippen MR) is 62.7 cm³/mol. The average molecular weight is 390 g/mol. The summed E-state index contributed by atoms with van der Waals surface area (Å²) in [6.07, 6.45) is -6.67. The molecule has 0 saturated carbocycles. The number of phosphoric ester groups is 1. The van der Waals surface area contributed by atoms with Crippen molar-refractivity contribution in [3.8, 4) is 0 Å². The molecule has 0 radical (unpaired) electrons. The van der Waals surface area contributed by atoms with Crippen LogP contribution in [0.15, 0.2) is 0 Å². The van der Waals surface area contributed by atoms with Crippen LogP contribution in [0.2, 0.25) is 0 Å². The van der Waals surface area contributed by atoms with Crippen molar-refractivity contribution in [1.29, 1.82) is 0 Å². The van der Waals surface area contributed by atoms with Crippen molar-refractivity contribution in [2.75, 3.05) is 6.61 Å². The van der Waals surface area contributed by atoms with Crippen LogP contribution >= 0.6 is 23.5 Å². The van der Waals surface area contributed by atoms with Crippen molar-refractivity contribution in [3.63, 3.8) is 0 Å². The van der Waals surface area contributed by atoms with E-state index in [1.54, 1.807) is 0 Å². The van der Waals surface area contributed by atoms with E-state index in [1.165, 1.54) is 0 Å². The van der Waals surface area contributed by atoms with Gasteiger partial charge >= 0.3 is 23.5 Å². The molecule has 1 heterocycles. The minimum Gasteiger partial charge on any atom is -0.387 e. The highest BCUT2D eigenvalue weighted by atomic mass is 31.3. The maximum absolute atomic E-state index is 11.3. The van der Waals surface area contributed by atoms with Gasteiger partial charge in [-0.15, -0.1) is 0 Å². The zero-order valence-corrected chi connectivity index (χ0v) is 13.0. The molecule has 0 amide bonds. The summed E-state index contributed by atoms with van der Waals surface area (Å²) in [5.74, 6) is 0. The summed E-state index contributed by atoms with van der Waals surface area (Å²) in [7, 11) is -16.5. The lowest BCUT2D eigenvalue weighted by Gasteiger charge is -2.18. The summed E-state index contributed by atoms with van der Waals surface area (Å²) < 4.78 is 48.3. The Morgan fingerprint density at radius 2 is 1.41 bits per heavy atom. The minimum absolute atomic E-state index is 0.973. The van der Waals surface area contributed by atoms with E-state index in [1.807, 2.05) is 0 Å². The molecular formula is C5H13O14P3. The second-order valence-electron chi connectivity index (χ2n) is 3.93. The van der Waals surface area contributed by atoms with Crippen LogP contribution in [0.5, 0.6) is 0 Å². The van der Waals surface area contributed by atoms with E-state index >= 15 is 0 Å². The normalized spacial score (nSPS) is 35.0. The second-order valence-corrected chi connectivity index (χ2v) is 8.35. The smallest absolute Gasteiger partial charge is 0.387 e. The van der Waals surface area contributed by atoms with Gasteiger partial charge in [0.25, 0.3) is 0 Å². The first kappa shape index (κ1) is 20.3. The van der Waals surface area contributed by atoms with Crippen LogP contribution in [0.4, 0.5) is 0 Å². The lowest BCUT2D eigenvalue weighted by atomic mass is 10.1. The zero-order valence-electron chi connectivity index (χ0n) is 10.3. The summed E-state index contributed by atoms with van der Waals surface area (Å²) in [5, 5.41) is 27.5. The van der Waals surface area contributed by atoms with Gasteiger partial charge in [-0.25, -0.2) is 13.7 Å². The number of rotatable bonds is 7. The Bertz CT molecular complexity index is 527. The van der Waals surface area contributed by atoms with Crippen molar-refractivity contribution in [1.82, 2.24) is 0 Å². The van der Waals surface area contributed by atoms with E-state index in [2.05, 4.69) is 17.9 Å². The van der Waals surface area contributed by atoms with Crippen LogP contribution in [0.1, 0.15) is 0 Å². The second kappa shape index (κ2) is 7.01. The molecule has 22 heavy (non-hydrogen) atoms. The SMILES string of the molecule is O=P(O)(O)OP(=O)(O)OP(=O)(O)OC[C@H]1OC(O)[C@@H](O)[C@@H]1O. The number of hydrogen-bond acceptors (Lipinski definition) is 10. The lowest BCUT2D eigenvalue weighted by Crippen LogP contribution is -2.34. The first-order valence-corrected chi connectivity index (χ1v) is 9.72. The Labute approximate surface area is 122 Å². The van der Waals surface area contributed by atoms with Crippen LogP contribution < -0.4 is 0 Å². The molecule has 0 aromatic carbocycles. The van der Waals surface area contributed by atoms with Gasteiger partial charge in [0.15, 0.2) is 6.29 Å². The molecule has 0 spiro atoms. The first-order chi connectivity index (χ1) is 9.72. The average Bonchev–Trinajstić information content (AvgIpc) is 2.49. The minimum atomic E-state index is -5.64. The quantitative estimate of drug-likeness (QED) is 0.228. The van der Waals surface area contributed by atoms with Crippen LogP contribution in [-0.4, -0.2) is 66.1 Å². The van der Waals surface area contributed by atoms with E-state index in [9.17, 15) is 18.8 Å². The number of phosphoric acid groups is 3. The Morgan fingerprint density at radius 3 is 1.82 bits per heavy atom. The van der Waals surface area contributed by atoms with Gasteiger partial charge < -0.3 is 39.6 Å². The van der Waals surface area contributed by atoms with Gasteiger partial charge in [-0.05, 0) is 0 Å². The fraction of sp³-hybridized carbons (Fsp3) is 1.00. The molecule has 1 aliphatic heterocycles. The highest BCUT2D eigenvalue weighted by Gasteiger charge is 2.45. The fourth-order valence-electron chi connectivity index (χ4n) is 1.34. The van der Waals surface area contributed by atoms with Gasteiger partial charge in [-0.2, -0.15) is 8.62 Å². The summed E-state index contributed by atoms with van der Waals surface area (Å²) in [4.78, 5) is 34.6. The molecule has 0 aromatic heterocycles. The third-order valence-electron chi connectivity index (χ3n) is 2.16. The molecule has 14 nitrogen and oxygen atoms in total. The largest absolute Gasteiger partial charge is 0.490 e. The van der Waals surface area contributed by atoms with E-state index in [-0.39, 0.29) is 0 Å². The molecule has 1 fully saturated rings. The molecule has 1 saturated heterocycles. The van der Waals surface area contributed by atoms with Crippen LogP contribution in [0.25, 0.3) is 0 Å². The molecule has 17 heteroatoms. The van der Waals surface area contributed by atoms with Crippen LogP contribution in [0.3, 0.4) is 0 Å². The van der Waals surface area contributed by atoms with Gasteiger partial charge in [-0.3, -0.25) is 4.52 Å². The molecule has 3 unspecified atom stereocenters. The monoisotopic (exact) mass is 390 g/mol. The van der Waals surface area contributed by atoms with Gasteiger partial charge in [-0.1, -0.05) is 0 Å². The Balaban J connectivity index is 2.60. The lowest BCUT2D eigenvalue weighted by molar-refractivity contribution is -0.132. The highest BCUT2D eigenvalue weighted by Crippen LogP contribution is 2.66. The Hall–Kier alpha value is 0.250. The summed E-state index contributed by atoms with van der Waals surface area (Å²) in [6, 6.07) is 0. The number of aliphatic hydroxyl groups is 3. The number of ether oxygens (including phenoxy) is 1. The number of hydrogen-bond donors (Lipinski definition) is 7. The topological polar surface area (TPSA) is 230 Å². The molecule has 0 aliphatic carbocycles. The molecule has 6 atom stereocenters. The maximum atomic E-state index is 11.3. The summed E-state index contributed by atoms with van der Waals surface area (Å²) in [6.45, 7) is -0.973. The van der Waals surface area contributed by atoms with Crippen molar-refractivity contribution >= 4 is 23.5 Å². The molecule has 1 aliphatic rings. The fourth-order valence-corrected chi connectivity index (χ4v) is 4.37. The van der Waals surface area contributed by atoms with Gasteiger partial charge in [0.1, 0.15) is 18.3 Å². The highest BCUT2D eigenvalue weighted by molar-refractivity contribution is 7.66. The third kappa shape index (κ3) is 6.40. The van der Waals surface area contributed by atoms with Crippen molar-refractivity contribution in [2.45, 2.75) is 24.6 Å². The van der Waals surface area contributed by atoms with Crippen molar-refractivity contribution < 1.29 is 66.5 Å².